The molecule has 1 aliphatic heterocycles. The van der Waals surface area contributed by atoms with Gasteiger partial charge in [-0.25, -0.2) is 4.39 Å². The fourth-order valence-electron chi connectivity index (χ4n) is 3.85. The molecule has 0 unspecified atom stereocenters. The second-order valence-corrected chi connectivity index (χ2v) is 8.09. The number of carbonyl (C=O) groups excluding carboxylic acids is 1. The van der Waals surface area contributed by atoms with Crippen LogP contribution in [-0.2, 0) is 4.79 Å². The van der Waals surface area contributed by atoms with Crippen molar-refractivity contribution in [1.82, 2.24) is 9.88 Å². The molecule has 3 aromatic rings. The smallest absolute Gasteiger partial charge is 0.260 e. The van der Waals surface area contributed by atoms with Crippen LogP contribution in [0.3, 0.4) is 0 Å². The number of rotatable bonds is 5. The van der Waals surface area contributed by atoms with Crippen molar-refractivity contribution in [1.29, 1.82) is 0 Å². The third-order valence-electron chi connectivity index (χ3n) is 5.45. The number of carbonyl (C=O) groups is 1. The molecule has 2 aromatic carbocycles. The van der Waals surface area contributed by atoms with Gasteiger partial charge in [-0.15, -0.1) is 0 Å². The summed E-state index contributed by atoms with van der Waals surface area (Å²) in [7, 11) is 1.67. The highest BCUT2D eigenvalue weighted by Gasteiger charge is 2.26. The number of aromatic amines is 1. The third-order valence-corrected chi connectivity index (χ3v) is 5.95. The summed E-state index contributed by atoms with van der Waals surface area (Å²) < 4.78 is 25.2. The summed E-state index contributed by atoms with van der Waals surface area (Å²) in [5.74, 6) is 0.698. The number of benzene rings is 2. The second kappa shape index (κ2) is 8.45. The first-order valence-electron chi connectivity index (χ1n) is 9.56. The van der Waals surface area contributed by atoms with Crippen molar-refractivity contribution in [2.45, 2.75) is 18.8 Å². The quantitative estimate of drug-likeness (QED) is 0.591. The summed E-state index contributed by atoms with van der Waals surface area (Å²) in [5, 5.41) is 1.17. The summed E-state index contributed by atoms with van der Waals surface area (Å²) in [6.07, 6.45) is 3.82. The fourth-order valence-corrected chi connectivity index (χ4v) is 4.18. The van der Waals surface area contributed by atoms with Crippen molar-refractivity contribution in [3.63, 3.8) is 0 Å². The van der Waals surface area contributed by atoms with E-state index in [4.69, 9.17) is 9.47 Å². The number of halogens is 2. The largest absolute Gasteiger partial charge is 0.497 e. The van der Waals surface area contributed by atoms with E-state index in [1.165, 1.54) is 23.1 Å². The molecule has 1 fully saturated rings. The zero-order valence-corrected chi connectivity index (χ0v) is 17.7. The molecular formula is C22H22BrFN2O3. The maximum absolute atomic E-state index is 13.8. The number of likely N-dealkylation sites (tertiary alicyclic amines) is 1. The monoisotopic (exact) mass is 460 g/mol. The highest BCUT2D eigenvalue weighted by molar-refractivity contribution is 9.10. The normalized spacial score (nSPS) is 14.9. The zero-order valence-electron chi connectivity index (χ0n) is 16.1. The van der Waals surface area contributed by atoms with Gasteiger partial charge in [0.2, 0.25) is 0 Å². The highest BCUT2D eigenvalue weighted by Crippen LogP contribution is 2.34. The lowest BCUT2D eigenvalue weighted by Crippen LogP contribution is -2.40. The van der Waals surface area contributed by atoms with E-state index in [9.17, 15) is 9.18 Å². The minimum absolute atomic E-state index is 0.0872. The average Bonchev–Trinajstić information content (AvgIpc) is 3.16. The van der Waals surface area contributed by atoms with E-state index in [-0.39, 0.29) is 18.3 Å². The summed E-state index contributed by atoms with van der Waals surface area (Å²) in [6.45, 7) is 1.16. The van der Waals surface area contributed by atoms with Gasteiger partial charge in [-0.3, -0.25) is 4.79 Å². The minimum atomic E-state index is -0.486. The molecule has 1 aromatic heterocycles. The first kappa shape index (κ1) is 19.8. The molecule has 0 atom stereocenters. The van der Waals surface area contributed by atoms with E-state index in [1.54, 1.807) is 18.1 Å². The van der Waals surface area contributed by atoms with Crippen molar-refractivity contribution in [2.24, 2.45) is 0 Å². The molecule has 0 spiro atoms. The maximum atomic E-state index is 13.8. The van der Waals surface area contributed by atoms with Gasteiger partial charge in [-0.1, -0.05) is 15.9 Å². The lowest BCUT2D eigenvalue weighted by atomic mass is 9.89. The Morgan fingerprint density at radius 1 is 1.24 bits per heavy atom. The topological polar surface area (TPSA) is 54.6 Å². The number of piperidine rings is 1. The number of methoxy groups -OCH3 is 1. The fraction of sp³-hybridized carbons (Fsp3) is 0.318. The lowest BCUT2D eigenvalue weighted by molar-refractivity contribution is -0.134. The van der Waals surface area contributed by atoms with E-state index in [2.05, 4.69) is 33.2 Å². The molecule has 0 bridgehead atoms. The van der Waals surface area contributed by atoms with Crippen molar-refractivity contribution >= 4 is 32.7 Å². The number of amides is 1. The van der Waals surface area contributed by atoms with E-state index in [0.29, 0.717) is 23.5 Å². The Bertz CT molecular complexity index is 1030. The number of nitrogens with zero attached hydrogens (tertiary/aromatic N) is 1. The molecule has 1 N–H and O–H groups in total. The predicted octanol–water partition coefficient (Wildman–Crippen LogP) is 4.86. The number of nitrogens with one attached hydrogen (secondary N) is 1. The van der Waals surface area contributed by atoms with Gasteiger partial charge < -0.3 is 19.4 Å². The molecule has 4 rings (SSSR count). The number of ether oxygens (including phenoxy) is 2. The number of aromatic nitrogens is 1. The van der Waals surface area contributed by atoms with Crippen LogP contribution in [0.1, 0.15) is 24.3 Å². The Kier molecular flexibility index (Phi) is 5.76. The number of hydrogen-bond acceptors (Lipinski definition) is 3. The van der Waals surface area contributed by atoms with Crippen molar-refractivity contribution < 1.29 is 18.7 Å². The molecule has 1 saturated heterocycles. The molecule has 0 radical (unpaired) electrons. The summed E-state index contributed by atoms with van der Waals surface area (Å²) >= 11 is 3.20. The molecule has 1 amide bonds. The Balaban J connectivity index is 1.36. The van der Waals surface area contributed by atoms with Gasteiger partial charge in [0, 0.05) is 34.7 Å². The zero-order chi connectivity index (χ0) is 20.4. The number of hydrogen-bond donors (Lipinski definition) is 1. The first-order chi connectivity index (χ1) is 14.0. The molecule has 2 heterocycles. The van der Waals surface area contributed by atoms with Crippen LogP contribution in [0.15, 0.2) is 47.1 Å². The standard InChI is InChI=1S/C22H22BrFN2O3/c1-28-16-3-4-20-17(11-16)18(12-25-20)14-6-8-26(9-7-14)22(27)13-29-21-5-2-15(23)10-19(21)24/h2-5,10-12,14,25H,6-9,13H2,1H3. The van der Waals surface area contributed by atoms with E-state index < -0.39 is 5.82 Å². The molecular weight excluding hydrogens is 439 g/mol. The van der Waals surface area contributed by atoms with Crippen LogP contribution in [0, 0.1) is 5.82 Å². The van der Waals surface area contributed by atoms with E-state index >= 15 is 0 Å². The van der Waals surface area contributed by atoms with Crippen LogP contribution in [0.5, 0.6) is 11.5 Å². The first-order valence-corrected chi connectivity index (χ1v) is 10.3. The summed E-state index contributed by atoms with van der Waals surface area (Å²) in [4.78, 5) is 17.6. The van der Waals surface area contributed by atoms with Crippen LogP contribution in [0.4, 0.5) is 4.39 Å². The van der Waals surface area contributed by atoms with Crippen LogP contribution in [0.25, 0.3) is 10.9 Å². The maximum Gasteiger partial charge on any atom is 0.260 e. The van der Waals surface area contributed by atoms with Gasteiger partial charge in [0.25, 0.3) is 5.91 Å². The van der Waals surface area contributed by atoms with E-state index in [0.717, 1.165) is 24.1 Å². The van der Waals surface area contributed by atoms with E-state index in [1.807, 2.05) is 12.1 Å². The molecule has 0 saturated carbocycles. The molecule has 0 aliphatic carbocycles. The van der Waals surface area contributed by atoms with Gasteiger partial charge in [0.1, 0.15) is 5.75 Å². The van der Waals surface area contributed by atoms with Gasteiger partial charge in [-0.05, 0) is 60.7 Å². The van der Waals surface area contributed by atoms with Crippen LogP contribution in [0.2, 0.25) is 0 Å². The predicted molar refractivity (Wildman–Crippen MR) is 113 cm³/mol. The highest BCUT2D eigenvalue weighted by atomic mass is 79.9. The minimum Gasteiger partial charge on any atom is -0.497 e. The van der Waals surface area contributed by atoms with Crippen LogP contribution in [-0.4, -0.2) is 42.6 Å². The Hall–Kier alpha value is -2.54. The van der Waals surface area contributed by atoms with Gasteiger partial charge in [-0.2, -0.15) is 0 Å². The van der Waals surface area contributed by atoms with Gasteiger partial charge in [0.05, 0.1) is 7.11 Å². The lowest BCUT2D eigenvalue weighted by Gasteiger charge is -2.32. The van der Waals surface area contributed by atoms with Gasteiger partial charge in [0.15, 0.2) is 18.2 Å². The van der Waals surface area contributed by atoms with Crippen molar-refractivity contribution in [3.05, 3.63) is 58.4 Å². The Labute approximate surface area is 176 Å². The SMILES string of the molecule is COc1ccc2[nH]cc(C3CCN(C(=O)COc4ccc(Br)cc4F)CC3)c2c1. The Morgan fingerprint density at radius 3 is 2.76 bits per heavy atom. The number of H-pyrrole nitrogens is 1. The molecule has 7 heteroatoms. The Morgan fingerprint density at radius 2 is 2.03 bits per heavy atom. The average molecular weight is 461 g/mol. The summed E-state index contributed by atoms with van der Waals surface area (Å²) in [5.41, 5.74) is 2.35. The van der Waals surface area contributed by atoms with Crippen LogP contribution >= 0.6 is 15.9 Å². The van der Waals surface area contributed by atoms with Gasteiger partial charge >= 0.3 is 0 Å². The third kappa shape index (κ3) is 4.24. The molecule has 152 valence electrons. The van der Waals surface area contributed by atoms with Crippen LogP contribution < -0.4 is 9.47 Å². The van der Waals surface area contributed by atoms with Crippen molar-refractivity contribution in [2.75, 3.05) is 26.8 Å². The summed E-state index contributed by atoms with van der Waals surface area (Å²) in [6, 6.07) is 10.5. The number of fused-ring (bicyclic) bond motifs is 1. The molecule has 1 aliphatic rings. The van der Waals surface area contributed by atoms with Crippen molar-refractivity contribution in [3.8, 4) is 11.5 Å². The molecule has 5 nitrogen and oxygen atoms in total. The molecule has 29 heavy (non-hydrogen) atoms. The second-order valence-electron chi connectivity index (χ2n) is 7.17.